The summed E-state index contributed by atoms with van der Waals surface area (Å²) in [5.41, 5.74) is -0.877. The van der Waals surface area contributed by atoms with E-state index in [9.17, 15) is 9.90 Å². The normalized spacial score (nSPS) is 18.8. The summed E-state index contributed by atoms with van der Waals surface area (Å²) in [4.78, 5) is 12.9. The van der Waals surface area contributed by atoms with E-state index in [1.165, 1.54) is 0 Å². The summed E-state index contributed by atoms with van der Waals surface area (Å²) in [5, 5.41) is 15.6. The van der Waals surface area contributed by atoms with Crippen molar-refractivity contribution >= 4 is 16.3 Å². The fourth-order valence-electron chi connectivity index (χ4n) is 1.44. The average Bonchev–Trinajstić information content (AvgIpc) is 1.98. The quantitative estimate of drug-likeness (QED) is 0.587. The molecule has 1 rings (SSSR count). The van der Waals surface area contributed by atoms with Crippen molar-refractivity contribution in [1.82, 2.24) is 10.2 Å². The van der Waals surface area contributed by atoms with Crippen molar-refractivity contribution in [3.63, 3.8) is 0 Å². The summed E-state index contributed by atoms with van der Waals surface area (Å²) in [6.45, 7) is 3.22. The van der Waals surface area contributed by atoms with Crippen LogP contribution in [-0.4, -0.2) is 53.8 Å². The minimum Gasteiger partial charge on any atom is -0.457 e. The van der Waals surface area contributed by atoms with Crippen LogP contribution in [0.1, 0.15) is 6.92 Å². The van der Waals surface area contributed by atoms with Gasteiger partial charge in [-0.3, -0.25) is 5.18 Å². The van der Waals surface area contributed by atoms with Gasteiger partial charge in [0.05, 0.1) is 13.1 Å². The fourth-order valence-corrected chi connectivity index (χ4v) is 2.33. The lowest BCUT2D eigenvalue weighted by atomic mass is 9.98. The Morgan fingerprint density at radius 3 is 2.64 bits per heavy atom. The summed E-state index contributed by atoms with van der Waals surface area (Å²) in [6.07, 6.45) is 3.99. The molecular formula is C9H17N2O2S-. The molecule has 1 fully saturated rings. The van der Waals surface area contributed by atoms with Crippen LogP contribution < -0.4 is 5.32 Å². The number of β-amino-alcohol motifs (C(OH)–C–C–N with tert-alkyl or cyclic N) is 1. The number of nitrogens with one attached hydrogen (secondary N) is 1. The van der Waals surface area contributed by atoms with Crippen LogP contribution in [0.3, 0.4) is 0 Å². The first kappa shape index (κ1) is 11.4. The predicted octanol–water partition coefficient (Wildman–Crippen LogP) is -0.400. The lowest BCUT2D eigenvalue weighted by Gasteiger charge is -2.45. The molecule has 0 unspecified atom stereocenters. The van der Waals surface area contributed by atoms with E-state index in [4.69, 9.17) is 0 Å². The zero-order chi connectivity index (χ0) is 10.8. The maximum atomic E-state index is 11.3. The second kappa shape index (κ2) is 4.26. The highest BCUT2D eigenvalue weighted by Crippen LogP contribution is 2.19. The molecule has 4 nitrogen and oxygen atoms in total. The molecule has 1 aliphatic rings. The highest BCUT2D eigenvalue weighted by Gasteiger charge is 2.40. The number of amides is 2. The lowest BCUT2D eigenvalue weighted by Crippen LogP contribution is -2.64. The zero-order valence-corrected chi connectivity index (χ0v) is 9.65. The Bertz CT molecular complexity index is 304. The second-order valence-electron chi connectivity index (χ2n) is 3.64. The zero-order valence-electron chi connectivity index (χ0n) is 8.83. The van der Waals surface area contributed by atoms with E-state index in [1.54, 1.807) is 4.90 Å². The molecule has 1 aliphatic heterocycles. The second-order valence-corrected chi connectivity index (χ2v) is 5.48. The van der Waals surface area contributed by atoms with Gasteiger partial charge in [-0.1, -0.05) is 0 Å². The Labute approximate surface area is 86.8 Å². The van der Waals surface area contributed by atoms with Crippen LogP contribution in [0, 0.1) is 5.18 Å². The van der Waals surface area contributed by atoms with E-state index in [0.717, 1.165) is 0 Å². The summed E-state index contributed by atoms with van der Waals surface area (Å²) >= 11 is 0. The molecule has 2 amide bonds. The molecule has 0 bridgehead atoms. The lowest BCUT2D eigenvalue weighted by molar-refractivity contribution is -0.0285. The molecule has 0 aliphatic carbocycles. The van der Waals surface area contributed by atoms with E-state index < -0.39 is 5.60 Å². The van der Waals surface area contributed by atoms with Crippen LogP contribution in [0.5, 0.6) is 0 Å². The first-order valence-electron chi connectivity index (χ1n) is 4.57. The monoisotopic (exact) mass is 217 g/mol. The highest BCUT2D eigenvalue weighted by atomic mass is 32.2. The maximum Gasteiger partial charge on any atom is 0.317 e. The van der Waals surface area contributed by atoms with Gasteiger partial charge < -0.3 is 25.6 Å². The van der Waals surface area contributed by atoms with Gasteiger partial charge in [0.2, 0.25) is 0 Å². The largest absolute Gasteiger partial charge is 0.457 e. The van der Waals surface area contributed by atoms with Crippen LogP contribution in [0.2, 0.25) is 0 Å². The summed E-state index contributed by atoms with van der Waals surface area (Å²) in [6, 6.07) is -0.105. The van der Waals surface area contributed by atoms with Gasteiger partial charge in [0, 0.05) is 6.54 Å². The van der Waals surface area contributed by atoms with Gasteiger partial charge in [0.25, 0.3) is 0 Å². The number of nitrogens with zero attached hydrogens (tertiary/aromatic N) is 1. The number of carbonyl (C=O) groups excluding carboxylic acids is 1. The molecule has 0 saturated carbocycles. The Kier molecular flexibility index (Phi) is 3.48. The molecule has 0 radical (unpaired) electrons. The van der Waals surface area contributed by atoms with Crippen molar-refractivity contribution in [1.29, 1.82) is 0 Å². The maximum absolute atomic E-state index is 11.3. The summed E-state index contributed by atoms with van der Waals surface area (Å²) < 4.78 is 0. The third kappa shape index (κ3) is 2.67. The molecule has 14 heavy (non-hydrogen) atoms. The average molecular weight is 217 g/mol. The first-order valence-corrected chi connectivity index (χ1v) is 6.61. The molecule has 1 heterocycles. The van der Waals surface area contributed by atoms with Crippen molar-refractivity contribution in [2.24, 2.45) is 0 Å². The van der Waals surface area contributed by atoms with E-state index >= 15 is 0 Å². The Morgan fingerprint density at radius 1 is 1.64 bits per heavy atom. The van der Waals surface area contributed by atoms with Gasteiger partial charge in [-0.2, -0.15) is 0 Å². The van der Waals surface area contributed by atoms with Gasteiger partial charge in [-0.05, 0) is 6.92 Å². The van der Waals surface area contributed by atoms with Crippen LogP contribution >= 0.6 is 0 Å². The molecular weight excluding hydrogens is 200 g/mol. The van der Waals surface area contributed by atoms with Crippen molar-refractivity contribution in [2.75, 3.05) is 32.1 Å². The van der Waals surface area contributed by atoms with E-state index in [-0.39, 0.29) is 16.3 Å². The third-order valence-electron chi connectivity index (χ3n) is 1.91. The number of rotatable bonds is 1. The third-order valence-corrected chi connectivity index (χ3v) is 2.70. The van der Waals surface area contributed by atoms with Crippen LogP contribution in [0.4, 0.5) is 4.79 Å². The number of likely N-dealkylation sites (tertiary alicyclic amines) is 1. The Hall–Kier alpha value is -0.640. The van der Waals surface area contributed by atoms with E-state index in [0.29, 0.717) is 19.6 Å². The van der Waals surface area contributed by atoms with E-state index in [2.05, 4.69) is 10.5 Å². The summed E-state index contributed by atoms with van der Waals surface area (Å²) in [7, 11) is -0.0239. The number of hydrogen-bond donors (Lipinski definition) is 2. The molecule has 0 atom stereocenters. The topological polar surface area (TPSA) is 52.6 Å². The predicted molar refractivity (Wildman–Crippen MR) is 58.7 cm³/mol. The van der Waals surface area contributed by atoms with Crippen molar-refractivity contribution < 1.29 is 9.90 Å². The number of urea groups is 1. The molecule has 2 N–H and O–H groups in total. The van der Waals surface area contributed by atoms with Crippen LogP contribution in [-0.2, 0) is 10.3 Å². The number of aliphatic hydroxyl groups is 1. The van der Waals surface area contributed by atoms with Crippen LogP contribution in [0.25, 0.3) is 0 Å². The van der Waals surface area contributed by atoms with Gasteiger partial charge in [0.15, 0.2) is 0 Å². The molecule has 5 heteroatoms. The SMILES string of the molecule is CCNC(=O)N1CC(O)(C#[S-](C)C)C1. The van der Waals surface area contributed by atoms with Gasteiger partial charge in [0.1, 0.15) is 5.60 Å². The minimum absolute atomic E-state index is 0.0239. The highest BCUT2D eigenvalue weighted by molar-refractivity contribution is 7.85. The first-order chi connectivity index (χ1) is 6.47. The molecule has 0 spiro atoms. The van der Waals surface area contributed by atoms with E-state index in [1.807, 2.05) is 19.4 Å². The molecule has 0 aromatic heterocycles. The van der Waals surface area contributed by atoms with Crippen molar-refractivity contribution in [3.8, 4) is 5.18 Å². The molecule has 82 valence electrons. The van der Waals surface area contributed by atoms with Gasteiger partial charge in [-0.15, -0.1) is 12.5 Å². The fraction of sp³-hybridized carbons (Fsp3) is 0.778. The Balaban J connectivity index is 2.47. The Morgan fingerprint density at radius 2 is 2.21 bits per heavy atom. The molecule has 0 aromatic rings. The van der Waals surface area contributed by atoms with Crippen molar-refractivity contribution in [3.05, 3.63) is 0 Å². The number of carbonyl (C=O) groups is 1. The van der Waals surface area contributed by atoms with Crippen molar-refractivity contribution in [2.45, 2.75) is 12.5 Å². The van der Waals surface area contributed by atoms with Gasteiger partial charge in [-0.25, -0.2) is 4.79 Å². The standard InChI is InChI=1S/C9H17N2O2S/c1-4-10-8(12)11-5-9(13,6-11)7-14(2)3/h13H,4-6H2,1-3H3,(H,10,12)/q-1. The smallest absolute Gasteiger partial charge is 0.317 e. The molecule has 1 saturated heterocycles. The summed E-state index contributed by atoms with van der Waals surface area (Å²) in [5.74, 6) is 0. The van der Waals surface area contributed by atoms with Crippen LogP contribution in [0.15, 0.2) is 0 Å². The minimum atomic E-state index is -0.877. The molecule has 0 aromatic carbocycles. The number of hydrogen-bond acceptors (Lipinski definition) is 3. The van der Waals surface area contributed by atoms with Gasteiger partial charge >= 0.3 is 6.03 Å².